The van der Waals surface area contributed by atoms with Gasteiger partial charge in [0, 0.05) is 26.3 Å². The molecule has 0 aromatic carbocycles. The van der Waals surface area contributed by atoms with E-state index in [-0.39, 0.29) is 52.8 Å². The molecule has 0 spiro atoms. The minimum atomic E-state index is -0.372. The Morgan fingerprint density at radius 1 is 1.38 bits per heavy atom. The highest BCUT2D eigenvalue weighted by molar-refractivity contribution is 6.32. The van der Waals surface area contributed by atoms with E-state index < -0.39 is 0 Å². The minimum absolute atomic E-state index is 0.0928. The number of likely N-dealkylation sites (N-methyl/N-ethyl adjacent to an activating group) is 1. The summed E-state index contributed by atoms with van der Waals surface area (Å²) in [5.74, 6) is -0.921. The summed E-state index contributed by atoms with van der Waals surface area (Å²) in [6, 6.07) is 1.48. The predicted molar refractivity (Wildman–Crippen MR) is 108 cm³/mol. The Morgan fingerprint density at radius 3 is 2.72 bits per heavy atom. The number of nitrogens with zero attached hydrogens (tertiary/aromatic N) is 3. The molecule has 1 aliphatic rings. The largest absolute Gasteiger partial charge is 0.474 e. The van der Waals surface area contributed by atoms with Gasteiger partial charge in [0.25, 0.3) is 5.91 Å². The second kappa shape index (κ2) is 10.4. The number of carbonyl (C=O) groups is 3. The Hall–Kier alpha value is -2.35. The van der Waals surface area contributed by atoms with Gasteiger partial charge in [0.1, 0.15) is 5.02 Å². The molecule has 9 heteroatoms. The number of piperidine rings is 1. The Kier molecular flexibility index (Phi) is 8.25. The minimum Gasteiger partial charge on any atom is -0.474 e. The van der Waals surface area contributed by atoms with Gasteiger partial charge >= 0.3 is 5.97 Å². The van der Waals surface area contributed by atoms with E-state index in [1.807, 2.05) is 13.8 Å². The quantitative estimate of drug-likeness (QED) is 0.623. The molecule has 0 aliphatic carbocycles. The van der Waals surface area contributed by atoms with Crippen molar-refractivity contribution < 1.29 is 23.9 Å². The van der Waals surface area contributed by atoms with Crippen molar-refractivity contribution >= 4 is 29.4 Å². The second-order valence-electron chi connectivity index (χ2n) is 7.27. The van der Waals surface area contributed by atoms with Crippen LogP contribution in [0.25, 0.3) is 0 Å². The summed E-state index contributed by atoms with van der Waals surface area (Å²) >= 11 is 6.14. The lowest BCUT2D eigenvalue weighted by molar-refractivity contribution is -0.151. The molecule has 0 saturated carbocycles. The first-order valence-corrected chi connectivity index (χ1v) is 10.1. The molecule has 1 aromatic heterocycles. The summed E-state index contributed by atoms with van der Waals surface area (Å²) in [5.41, 5.74) is 0.268. The summed E-state index contributed by atoms with van der Waals surface area (Å²) in [6.07, 6.45) is 2.71. The van der Waals surface area contributed by atoms with Gasteiger partial charge in [-0.25, -0.2) is 4.98 Å². The highest BCUT2D eigenvalue weighted by atomic mass is 35.5. The summed E-state index contributed by atoms with van der Waals surface area (Å²) in [4.78, 5) is 44.2. The van der Waals surface area contributed by atoms with Gasteiger partial charge in [-0.05, 0) is 39.7 Å². The maximum Gasteiger partial charge on any atom is 0.310 e. The first-order valence-electron chi connectivity index (χ1n) is 9.75. The number of halogens is 1. The number of aromatic nitrogens is 1. The fourth-order valence-electron chi connectivity index (χ4n) is 3.10. The van der Waals surface area contributed by atoms with Crippen molar-refractivity contribution in [2.75, 3.05) is 33.3 Å². The van der Waals surface area contributed by atoms with Crippen LogP contribution in [0.2, 0.25) is 5.02 Å². The predicted octanol–water partition coefficient (Wildman–Crippen LogP) is 2.40. The van der Waals surface area contributed by atoms with E-state index >= 15 is 0 Å². The van der Waals surface area contributed by atoms with E-state index in [2.05, 4.69) is 4.98 Å². The van der Waals surface area contributed by atoms with E-state index in [1.54, 1.807) is 18.9 Å². The number of hydrogen-bond donors (Lipinski definition) is 0. The van der Waals surface area contributed by atoms with Crippen LogP contribution >= 0.6 is 11.6 Å². The molecule has 1 unspecified atom stereocenters. The van der Waals surface area contributed by atoms with Crippen LogP contribution in [0.1, 0.15) is 44.0 Å². The Morgan fingerprint density at radius 2 is 2.10 bits per heavy atom. The van der Waals surface area contributed by atoms with E-state index in [0.29, 0.717) is 26.1 Å². The number of hydrogen-bond acceptors (Lipinski definition) is 6. The number of ether oxygens (including phenoxy) is 2. The van der Waals surface area contributed by atoms with Crippen LogP contribution in [0.4, 0.5) is 0 Å². The summed E-state index contributed by atoms with van der Waals surface area (Å²) in [5, 5.41) is 0.234. The van der Waals surface area contributed by atoms with Crippen LogP contribution < -0.4 is 4.74 Å². The molecular weight excluding hydrogens is 398 g/mol. The molecule has 1 aromatic rings. The molecule has 29 heavy (non-hydrogen) atoms. The van der Waals surface area contributed by atoms with Gasteiger partial charge in [0.2, 0.25) is 11.8 Å². The van der Waals surface area contributed by atoms with Crippen LogP contribution in [0, 0.1) is 5.92 Å². The summed E-state index contributed by atoms with van der Waals surface area (Å²) in [7, 11) is 1.54. The molecule has 8 nitrogen and oxygen atoms in total. The number of carbonyl (C=O) groups excluding carboxylic acids is 3. The molecule has 2 heterocycles. The first kappa shape index (κ1) is 22.9. The highest BCUT2D eigenvalue weighted by Crippen LogP contribution is 2.24. The Labute approximate surface area is 176 Å². The van der Waals surface area contributed by atoms with Gasteiger partial charge in [0.05, 0.1) is 30.7 Å². The number of esters is 1. The highest BCUT2D eigenvalue weighted by Gasteiger charge is 2.30. The van der Waals surface area contributed by atoms with Crippen LogP contribution in [-0.4, -0.2) is 72.0 Å². The third-order valence-corrected chi connectivity index (χ3v) is 4.79. The topological polar surface area (TPSA) is 89.0 Å². The molecule has 160 valence electrons. The number of pyridine rings is 1. The van der Waals surface area contributed by atoms with Crippen LogP contribution in [0.5, 0.6) is 5.88 Å². The lowest BCUT2D eigenvalue weighted by atomic mass is 9.98. The normalized spacial score (nSPS) is 16.5. The summed E-state index contributed by atoms with van der Waals surface area (Å²) < 4.78 is 10.5. The average molecular weight is 426 g/mol. The molecule has 0 bridgehead atoms. The van der Waals surface area contributed by atoms with Gasteiger partial charge < -0.3 is 19.3 Å². The zero-order chi connectivity index (χ0) is 21.6. The lowest BCUT2D eigenvalue weighted by Gasteiger charge is -2.32. The SMILES string of the molecule is CCOC(=O)C1CCCN(C(=O)CN(C)C(=O)c2cnc(OC(C)C)c(Cl)c2)C1. The van der Waals surface area contributed by atoms with Crippen LogP contribution in [0.3, 0.4) is 0 Å². The van der Waals surface area contributed by atoms with Crippen molar-refractivity contribution in [1.82, 2.24) is 14.8 Å². The third kappa shape index (κ3) is 6.32. The van der Waals surface area contributed by atoms with E-state index in [4.69, 9.17) is 21.1 Å². The Balaban J connectivity index is 1.97. The fraction of sp³-hybridized carbons (Fsp3) is 0.600. The number of rotatable bonds is 7. The number of amides is 2. The monoisotopic (exact) mass is 425 g/mol. The van der Waals surface area contributed by atoms with Gasteiger partial charge in [-0.3, -0.25) is 14.4 Å². The van der Waals surface area contributed by atoms with Crippen LogP contribution in [0.15, 0.2) is 12.3 Å². The van der Waals surface area contributed by atoms with Gasteiger partial charge in [0.15, 0.2) is 0 Å². The van der Waals surface area contributed by atoms with E-state index in [0.717, 1.165) is 6.42 Å². The molecule has 1 aliphatic heterocycles. The zero-order valence-corrected chi connectivity index (χ0v) is 18.1. The fourth-order valence-corrected chi connectivity index (χ4v) is 3.31. The first-order chi connectivity index (χ1) is 13.7. The molecule has 1 fully saturated rings. The molecule has 2 rings (SSSR count). The van der Waals surface area contributed by atoms with E-state index in [9.17, 15) is 14.4 Å². The molecule has 1 saturated heterocycles. The van der Waals surface area contributed by atoms with Gasteiger partial charge in [-0.15, -0.1) is 0 Å². The molecular formula is C20H28ClN3O5. The van der Waals surface area contributed by atoms with Crippen molar-refractivity contribution in [3.63, 3.8) is 0 Å². The summed E-state index contributed by atoms with van der Waals surface area (Å²) in [6.45, 7) is 6.55. The van der Waals surface area contributed by atoms with E-state index in [1.165, 1.54) is 17.2 Å². The smallest absolute Gasteiger partial charge is 0.310 e. The van der Waals surface area contributed by atoms with Crippen molar-refractivity contribution in [2.45, 2.75) is 39.7 Å². The third-order valence-electron chi connectivity index (χ3n) is 4.51. The zero-order valence-electron chi connectivity index (χ0n) is 17.3. The maximum absolute atomic E-state index is 12.6. The van der Waals surface area contributed by atoms with Crippen molar-refractivity contribution in [2.24, 2.45) is 5.92 Å². The molecule has 2 amide bonds. The molecule has 1 atom stereocenters. The molecule has 0 radical (unpaired) electrons. The van der Waals surface area contributed by atoms with Gasteiger partial charge in [-0.2, -0.15) is 0 Å². The Bertz CT molecular complexity index is 756. The second-order valence-corrected chi connectivity index (χ2v) is 7.68. The van der Waals surface area contributed by atoms with Crippen molar-refractivity contribution in [3.8, 4) is 5.88 Å². The van der Waals surface area contributed by atoms with Crippen molar-refractivity contribution in [3.05, 3.63) is 22.8 Å². The maximum atomic E-state index is 12.6. The van der Waals surface area contributed by atoms with Crippen LogP contribution in [-0.2, 0) is 14.3 Å². The lowest BCUT2D eigenvalue weighted by Crippen LogP contribution is -2.47. The average Bonchev–Trinajstić information content (AvgIpc) is 2.68. The van der Waals surface area contributed by atoms with Crippen molar-refractivity contribution in [1.29, 1.82) is 0 Å². The van der Waals surface area contributed by atoms with Gasteiger partial charge in [-0.1, -0.05) is 11.6 Å². The molecule has 0 N–H and O–H groups in total. The number of likely N-dealkylation sites (tertiary alicyclic amines) is 1. The standard InChI is InChI=1S/C20H28ClN3O5/c1-5-28-20(27)14-7-6-8-24(11-14)17(25)12-23(4)19(26)15-9-16(21)18(22-10-15)29-13(2)3/h9-10,13-14H,5-8,11-12H2,1-4H3.